The highest BCUT2D eigenvalue weighted by Gasteiger charge is 2.62. The van der Waals surface area contributed by atoms with E-state index < -0.39 is 74.1 Å². The van der Waals surface area contributed by atoms with Crippen LogP contribution in [0.25, 0.3) is 16.8 Å². The van der Waals surface area contributed by atoms with Crippen molar-refractivity contribution in [2.24, 2.45) is 11.3 Å². The highest BCUT2D eigenvalue weighted by Crippen LogP contribution is 2.45. The fourth-order valence-corrected chi connectivity index (χ4v) is 7.88. The molecule has 1 aromatic heterocycles. The first kappa shape index (κ1) is 34.4. The summed E-state index contributed by atoms with van der Waals surface area (Å²) in [5.41, 5.74) is -1.44. The lowest BCUT2D eigenvalue weighted by atomic mass is 9.85. The van der Waals surface area contributed by atoms with Crippen LogP contribution >= 0.6 is 0 Å². The van der Waals surface area contributed by atoms with Gasteiger partial charge in [0.15, 0.2) is 0 Å². The SMILES string of the molecule is C=C[C@@H]1C[C@]1(NC(=O)[C@@H]1C[C@@H]2CN1C(=O)[C@H](C(C)(C)C)NC(=O)OCCC/C=C\c1cnc(c3ccccc13)O2)C(=O)NS(=O)(=O)C1CC1. The van der Waals surface area contributed by atoms with Crippen molar-refractivity contribution in [2.75, 3.05) is 13.2 Å². The van der Waals surface area contributed by atoms with Crippen LogP contribution in [0.15, 0.2) is 49.2 Å². The molecule has 2 aliphatic carbocycles. The number of alkyl carbamates (subject to hydrolysis) is 1. The molecule has 3 heterocycles. The monoisotopic (exact) mass is 693 g/mol. The molecule has 4 bridgehead atoms. The predicted molar refractivity (Wildman–Crippen MR) is 182 cm³/mol. The molecule has 262 valence electrons. The molecule has 49 heavy (non-hydrogen) atoms. The molecule has 1 saturated heterocycles. The van der Waals surface area contributed by atoms with Gasteiger partial charge in [-0.3, -0.25) is 19.1 Å². The predicted octanol–water partition coefficient (Wildman–Crippen LogP) is 3.20. The largest absolute Gasteiger partial charge is 0.472 e. The number of carbonyl (C=O) groups excluding carboxylic acids is 4. The van der Waals surface area contributed by atoms with Gasteiger partial charge in [0.25, 0.3) is 5.91 Å². The fourth-order valence-electron chi connectivity index (χ4n) is 6.52. The van der Waals surface area contributed by atoms with E-state index in [1.807, 2.05) is 36.4 Å². The number of aromatic nitrogens is 1. The second-order valence-corrected chi connectivity index (χ2v) is 16.3. The van der Waals surface area contributed by atoms with E-state index in [0.29, 0.717) is 31.6 Å². The number of ether oxygens (including phenoxy) is 2. The van der Waals surface area contributed by atoms with Gasteiger partial charge in [0.2, 0.25) is 27.7 Å². The first-order valence-corrected chi connectivity index (χ1v) is 18.2. The van der Waals surface area contributed by atoms with Crippen molar-refractivity contribution in [3.8, 4) is 5.88 Å². The third-order valence-electron chi connectivity index (χ3n) is 9.59. The molecule has 6 rings (SSSR count). The molecule has 2 saturated carbocycles. The normalized spacial score (nSPS) is 28.3. The van der Waals surface area contributed by atoms with Crippen LogP contribution in [0.4, 0.5) is 4.79 Å². The molecule has 0 radical (unpaired) electrons. The van der Waals surface area contributed by atoms with Gasteiger partial charge in [-0.25, -0.2) is 18.2 Å². The van der Waals surface area contributed by atoms with Crippen molar-refractivity contribution in [3.05, 3.63) is 54.8 Å². The highest BCUT2D eigenvalue weighted by atomic mass is 32.2. The summed E-state index contributed by atoms with van der Waals surface area (Å²) < 4.78 is 39.3. The Hall–Kier alpha value is -4.46. The summed E-state index contributed by atoms with van der Waals surface area (Å²) in [6.07, 6.45) is 8.07. The fraction of sp³-hybridized carbons (Fsp3) is 0.514. The van der Waals surface area contributed by atoms with E-state index in [2.05, 4.69) is 26.9 Å². The number of benzene rings is 1. The third-order valence-corrected chi connectivity index (χ3v) is 11.4. The molecule has 14 heteroatoms. The zero-order valence-corrected chi connectivity index (χ0v) is 28.8. The summed E-state index contributed by atoms with van der Waals surface area (Å²) in [4.78, 5) is 60.8. The van der Waals surface area contributed by atoms with Crippen molar-refractivity contribution >= 4 is 50.7 Å². The van der Waals surface area contributed by atoms with Crippen LogP contribution < -0.4 is 20.1 Å². The van der Waals surface area contributed by atoms with E-state index in [9.17, 15) is 27.6 Å². The number of nitrogens with one attached hydrogen (secondary N) is 3. The van der Waals surface area contributed by atoms with Crippen LogP contribution in [0.1, 0.15) is 64.9 Å². The van der Waals surface area contributed by atoms with Crippen LogP contribution in [0.3, 0.4) is 0 Å². The topological polar surface area (TPSA) is 173 Å². The van der Waals surface area contributed by atoms with Crippen LogP contribution in [0, 0.1) is 11.3 Å². The van der Waals surface area contributed by atoms with E-state index >= 15 is 0 Å². The minimum absolute atomic E-state index is 0.0158. The van der Waals surface area contributed by atoms with Crippen molar-refractivity contribution in [3.63, 3.8) is 0 Å². The summed E-state index contributed by atoms with van der Waals surface area (Å²) in [6, 6.07) is 5.46. The van der Waals surface area contributed by atoms with E-state index in [1.54, 1.807) is 27.0 Å². The minimum atomic E-state index is -3.88. The lowest BCUT2D eigenvalue weighted by Crippen LogP contribution is -2.60. The van der Waals surface area contributed by atoms with E-state index in [1.165, 1.54) is 11.0 Å². The first-order chi connectivity index (χ1) is 23.2. The zero-order chi connectivity index (χ0) is 35.1. The Kier molecular flexibility index (Phi) is 9.20. The summed E-state index contributed by atoms with van der Waals surface area (Å²) in [5.74, 6) is -2.18. The standard InChI is InChI=1S/C35H43N5O8S/c1-5-22-18-35(22,32(43)39-49(45,46)24-14-15-24)38-29(41)27-17-23-20-40(27)31(42)28(34(2,3)4)37-33(44)47-16-10-6-7-11-21-19-36-30(48-23)26-13-9-8-12-25(21)26/h5,7-9,11-13,19,22-24,27-28H,1,6,10,14-18,20H2,2-4H3,(H,37,44)(H,38,41)(H,39,43)/b11-7-/t22-,23-,27+,28-,35-/m1/s1. The zero-order valence-electron chi connectivity index (χ0n) is 27.9. The average molecular weight is 694 g/mol. The number of cyclic esters (lactones) is 1. The molecule has 0 spiro atoms. The van der Waals surface area contributed by atoms with Gasteiger partial charge < -0.3 is 25.0 Å². The summed E-state index contributed by atoms with van der Waals surface area (Å²) in [5, 5.41) is 6.54. The number of carbonyl (C=O) groups is 4. The van der Waals surface area contributed by atoms with Gasteiger partial charge in [0.1, 0.15) is 23.7 Å². The number of rotatable bonds is 6. The molecule has 3 N–H and O–H groups in total. The lowest BCUT2D eigenvalue weighted by molar-refractivity contribution is -0.142. The Labute approximate surface area is 285 Å². The van der Waals surface area contributed by atoms with Crippen LogP contribution in [0.5, 0.6) is 5.88 Å². The molecule has 2 aliphatic heterocycles. The number of amides is 4. The quantitative estimate of drug-likeness (QED) is 0.384. The molecule has 0 unspecified atom stereocenters. The highest BCUT2D eigenvalue weighted by molar-refractivity contribution is 7.91. The van der Waals surface area contributed by atoms with Crippen LogP contribution in [-0.4, -0.2) is 84.2 Å². The number of allylic oxidation sites excluding steroid dienone is 1. The van der Waals surface area contributed by atoms with E-state index in [-0.39, 0.29) is 26.0 Å². The summed E-state index contributed by atoms with van der Waals surface area (Å²) >= 11 is 0. The maximum absolute atomic E-state index is 14.4. The number of fused-ring (bicyclic) bond motifs is 8. The maximum Gasteiger partial charge on any atom is 0.407 e. The smallest absolute Gasteiger partial charge is 0.407 e. The van der Waals surface area contributed by atoms with Gasteiger partial charge in [-0.2, -0.15) is 0 Å². The second kappa shape index (κ2) is 13.1. The van der Waals surface area contributed by atoms with Crippen molar-refractivity contribution in [1.82, 2.24) is 25.2 Å². The van der Waals surface area contributed by atoms with Gasteiger partial charge in [0.05, 0.1) is 18.4 Å². The molecule has 4 aliphatic rings. The number of sulfonamides is 1. The van der Waals surface area contributed by atoms with Crippen molar-refractivity contribution in [2.45, 2.75) is 88.3 Å². The number of pyridine rings is 1. The first-order valence-electron chi connectivity index (χ1n) is 16.7. The Morgan fingerprint density at radius 3 is 2.57 bits per heavy atom. The molecule has 3 fully saturated rings. The molecule has 1 aromatic carbocycles. The van der Waals surface area contributed by atoms with Gasteiger partial charge in [-0.1, -0.05) is 57.2 Å². The number of hydrogen-bond acceptors (Lipinski definition) is 9. The number of hydrogen-bond donors (Lipinski definition) is 3. The van der Waals surface area contributed by atoms with Crippen LogP contribution in [-0.2, 0) is 29.1 Å². The maximum atomic E-state index is 14.4. The second-order valence-electron chi connectivity index (χ2n) is 14.4. The lowest BCUT2D eigenvalue weighted by Gasteiger charge is -2.35. The van der Waals surface area contributed by atoms with Gasteiger partial charge in [-0.15, -0.1) is 6.58 Å². The molecule has 5 atom stereocenters. The third kappa shape index (κ3) is 7.15. The number of nitrogens with zero attached hydrogens (tertiary/aromatic N) is 2. The molecule has 4 amide bonds. The van der Waals surface area contributed by atoms with Crippen molar-refractivity contribution in [1.29, 1.82) is 0 Å². The summed E-state index contributed by atoms with van der Waals surface area (Å²) in [7, 11) is -3.88. The molecular formula is C35H43N5O8S. The van der Waals surface area contributed by atoms with Gasteiger partial charge >= 0.3 is 6.09 Å². The Morgan fingerprint density at radius 1 is 1.16 bits per heavy atom. The Morgan fingerprint density at radius 2 is 1.90 bits per heavy atom. The molecule has 13 nitrogen and oxygen atoms in total. The van der Waals surface area contributed by atoms with E-state index in [4.69, 9.17) is 9.47 Å². The molecular weight excluding hydrogens is 650 g/mol. The van der Waals surface area contributed by atoms with Crippen molar-refractivity contribution < 1.29 is 37.1 Å². The van der Waals surface area contributed by atoms with Crippen LogP contribution in [0.2, 0.25) is 0 Å². The Balaban J connectivity index is 1.33. The average Bonchev–Trinajstić information content (AvgIpc) is 3.98. The van der Waals surface area contributed by atoms with E-state index in [0.717, 1.165) is 16.3 Å². The van der Waals surface area contributed by atoms with Gasteiger partial charge in [0, 0.05) is 29.5 Å². The summed E-state index contributed by atoms with van der Waals surface area (Å²) in [6.45, 7) is 9.26. The molecule has 2 aromatic rings. The minimum Gasteiger partial charge on any atom is -0.472 e. The van der Waals surface area contributed by atoms with Gasteiger partial charge in [-0.05, 0) is 49.0 Å². The Bertz CT molecular complexity index is 1820.